The van der Waals surface area contributed by atoms with E-state index in [9.17, 15) is 22.4 Å². The normalized spacial score (nSPS) is 21.4. The summed E-state index contributed by atoms with van der Waals surface area (Å²) in [5.41, 5.74) is 1.32. The van der Waals surface area contributed by atoms with E-state index in [4.69, 9.17) is 0 Å². The predicted molar refractivity (Wildman–Crippen MR) is 109 cm³/mol. The van der Waals surface area contributed by atoms with Crippen LogP contribution < -0.4 is 4.90 Å². The number of piperazine rings is 1. The van der Waals surface area contributed by atoms with E-state index >= 15 is 0 Å². The molecule has 2 aliphatic rings. The lowest BCUT2D eigenvalue weighted by Crippen LogP contribution is -2.53. The van der Waals surface area contributed by atoms with Crippen molar-refractivity contribution in [2.24, 2.45) is 0 Å². The van der Waals surface area contributed by atoms with Gasteiger partial charge in [-0.15, -0.1) is 0 Å². The molecule has 2 amide bonds. The van der Waals surface area contributed by atoms with E-state index < -0.39 is 21.9 Å². The van der Waals surface area contributed by atoms with Gasteiger partial charge in [-0.3, -0.25) is 14.5 Å². The first-order valence-electron chi connectivity index (χ1n) is 9.70. The van der Waals surface area contributed by atoms with Crippen molar-refractivity contribution in [3.8, 4) is 0 Å². The van der Waals surface area contributed by atoms with Gasteiger partial charge in [0, 0.05) is 26.2 Å². The summed E-state index contributed by atoms with van der Waals surface area (Å²) in [5.74, 6) is -1.15. The van der Waals surface area contributed by atoms with E-state index in [1.807, 2.05) is 11.8 Å². The van der Waals surface area contributed by atoms with Crippen LogP contribution in [0.15, 0.2) is 53.4 Å². The Kier molecular flexibility index (Phi) is 5.44. The molecule has 0 aromatic heterocycles. The van der Waals surface area contributed by atoms with E-state index in [1.54, 1.807) is 24.3 Å². The van der Waals surface area contributed by atoms with Crippen LogP contribution in [0, 0.1) is 12.7 Å². The number of halogens is 1. The molecule has 2 aromatic carbocycles. The van der Waals surface area contributed by atoms with Gasteiger partial charge in [-0.2, -0.15) is 4.31 Å². The van der Waals surface area contributed by atoms with Crippen molar-refractivity contribution in [3.63, 3.8) is 0 Å². The molecule has 4 rings (SSSR count). The molecule has 0 spiro atoms. The first-order chi connectivity index (χ1) is 14.3. The molecular formula is C21H22FN3O4S. The number of amides is 2. The molecule has 30 heavy (non-hydrogen) atoms. The molecule has 0 radical (unpaired) electrons. The van der Waals surface area contributed by atoms with Crippen molar-refractivity contribution in [3.05, 3.63) is 59.9 Å². The Bertz CT molecular complexity index is 1060. The van der Waals surface area contributed by atoms with Crippen LogP contribution in [0.1, 0.15) is 12.0 Å². The number of carbonyl (C=O) groups is 2. The number of anilines is 1. The molecule has 0 saturated carbocycles. The summed E-state index contributed by atoms with van der Waals surface area (Å²) < 4.78 is 40.3. The fourth-order valence-corrected chi connectivity index (χ4v) is 5.30. The lowest BCUT2D eigenvalue weighted by molar-refractivity contribution is -0.123. The molecule has 0 aliphatic carbocycles. The molecule has 2 saturated heterocycles. The number of nitrogens with zero attached hydrogens (tertiary/aromatic N) is 3. The molecule has 0 bridgehead atoms. The van der Waals surface area contributed by atoms with E-state index in [1.165, 1.54) is 28.6 Å². The lowest BCUT2D eigenvalue weighted by atomic mass is 10.2. The van der Waals surface area contributed by atoms with Gasteiger partial charge >= 0.3 is 0 Å². The molecule has 2 aromatic rings. The quantitative estimate of drug-likeness (QED) is 0.690. The summed E-state index contributed by atoms with van der Waals surface area (Å²) in [6.07, 6.45) is 0.0287. The monoisotopic (exact) mass is 431 g/mol. The highest BCUT2D eigenvalue weighted by Crippen LogP contribution is 2.27. The summed E-state index contributed by atoms with van der Waals surface area (Å²) in [6, 6.07) is 11.3. The highest BCUT2D eigenvalue weighted by atomic mass is 32.2. The standard InChI is InChI=1S/C21H22FN3O4S/c1-15-2-8-18(9-3-15)30(28,29)24-12-10-23(11-13-24)19-14-20(26)25(21(19)27)17-6-4-16(22)5-7-17/h2-9,19H,10-14H2,1H3/t19-/m0/s1. The van der Waals surface area contributed by atoms with Gasteiger partial charge in [-0.05, 0) is 43.3 Å². The Morgan fingerprint density at radius 3 is 2.10 bits per heavy atom. The van der Waals surface area contributed by atoms with E-state index in [2.05, 4.69) is 0 Å². The van der Waals surface area contributed by atoms with Gasteiger partial charge in [0.05, 0.1) is 23.0 Å². The minimum Gasteiger partial charge on any atom is -0.289 e. The summed E-state index contributed by atoms with van der Waals surface area (Å²) in [7, 11) is -3.60. The number of hydrogen-bond acceptors (Lipinski definition) is 5. The maximum Gasteiger partial charge on any atom is 0.251 e. The highest BCUT2D eigenvalue weighted by molar-refractivity contribution is 7.89. The van der Waals surface area contributed by atoms with Crippen molar-refractivity contribution < 1.29 is 22.4 Å². The van der Waals surface area contributed by atoms with Crippen LogP contribution in [-0.4, -0.2) is 61.7 Å². The second kappa shape index (κ2) is 7.90. The van der Waals surface area contributed by atoms with Gasteiger partial charge in [-0.1, -0.05) is 17.7 Å². The van der Waals surface area contributed by atoms with Gasteiger partial charge in [0.2, 0.25) is 15.9 Å². The molecular weight excluding hydrogens is 409 g/mol. The summed E-state index contributed by atoms with van der Waals surface area (Å²) >= 11 is 0. The first-order valence-corrected chi connectivity index (χ1v) is 11.1. The van der Waals surface area contributed by atoms with Crippen molar-refractivity contribution >= 4 is 27.5 Å². The predicted octanol–water partition coefficient (Wildman–Crippen LogP) is 1.77. The summed E-state index contributed by atoms with van der Waals surface area (Å²) in [4.78, 5) is 28.5. The third-order valence-electron chi connectivity index (χ3n) is 5.58. The largest absolute Gasteiger partial charge is 0.289 e. The number of rotatable bonds is 4. The molecule has 2 fully saturated rings. The maximum absolute atomic E-state index is 13.2. The molecule has 0 N–H and O–H groups in total. The second-order valence-corrected chi connectivity index (χ2v) is 9.45. The Balaban J connectivity index is 1.44. The van der Waals surface area contributed by atoms with Gasteiger partial charge in [-0.25, -0.2) is 17.7 Å². The van der Waals surface area contributed by atoms with Gasteiger partial charge in [0.1, 0.15) is 5.82 Å². The summed E-state index contributed by atoms with van der Waals surface area (Å²) in [5, 5.41) is 0. The van der Waals surface area contributed by atoms with E-state index in [0.717, 1.165) is 10.5 Å². The van der Waals surface area contributed by atoms with Crippen LogP contribution in [0.5, 0.6) is 0 Å². The lowest BCUT2D eigenvalue weighted by Gasteiger charge is -2.36. The van der Waals surface area contributed by atoms with Crippen LogP contribution in [0.3, 0.4) is 0 Å². The zero-order valence-electron chi connectivity index (χ0n) is 16.5. The molecule has 2 heterocycles. The van der Waals surface area contributed by atoms with Gasteiger partial charge in [0.25, 0.3) is 5.91 Å². The van der Waals surface area contributed by atoms with Gasteiger partial charge in [0.15, 0.2) is 0 Å². The number of benzene rings is 2. The average molecular weight is 431 g/mol. The minimum atomic E-state index is -3.60. The van der Waals surface area contributed by atoms with Crippen LogP contribution >= 0.6 is 0 Å². The van der Waals surface area contributed by atoms with Crippen molar-refractivity contribution in [1.29, 1.82) is 0 Å². The Morgan fingerprint density at radius 1 is 0.900 bits per heavy atom. The molecule has 1 atom stereocenters. The summed E-state index contributed by atoms with van der Waals surface area (Å²) in [6.45, 7) is 3.08. The maximum atomic E-state index is 13.2. The second-order valence-electron chi connectivity index (χ2n) is 7.52. The fourth-order valence-electron chi connectivity index (χ4n) is 3.88. The smallest absolute Gasteiger partial charge is 0.251 e. The van der Waals surface area contributed by atoms with Crippen LogP contribution in [0.4, 0.5) is 10.1 Å². The fraction of sp³-hybridized carbons (Fsp3) is 0.333. The van der Waals surface area contributed by atoms with Crippen LogP contribution in [-0.2, 0) is 19.6 Å². The zero-order valence-corrected chi connectivity index (χ0v) is 17.3. The van der Waals surface area contributed by atoms with Crippen LogP contribution in [0.2, 0.25) is 0 Å². The third-order valence-corrected chi connectivity index (χ3v) is 7.49. The Morgan fingerprint density at radius 2 is 1.50 bits per heavy atom. The number of aryl methyl sites for hydroxylation is 1. The Hall–Kier alpha value is -2.62. The molecule has 7 nitrogen and oxygen atoms in total. The Labute approximate surface area is 174 Å². The molecule has 9 heteroatoms. The minimum absolute atomic E-state index is 0.0287. The van der Waals surface area contributed by atoms with Crippen molar-refractivity contribution in [2.75, 3.05) is 31.1 Å². The topological polar surface area (TPSA) is 78.0 Å². The van der Waals surface area contributed by atoms with E-state index in [-0.39, 0.29) is 36.2 Å². The number of imide groups is 1. The number of hydrogen-bond donors (Lipinski definition) is 0. The average Bonchev–Trinajstić information content (AvgIpc) is 3.03. The molecule has 158 valence electrons. The van der Waals surface area contributed by atoms with Crippen LogP contribution in [0.25, 0.3) is 0 Å². The third kappa shape index (κ3) is 3.76. The van der Waals surface area contributed by atoms with Crippen molar-refractivity contribution in [2.45, 2.75) is 24.3 Å². The number of carbonyl (C=O) groups excluding carboxylic acids is 2. The van der Waals surface area contributed by atoms with Crippen molar-refractivity contribution in [1.82, 2.24) is 9.21 Å². The van der Waals surface area contributed by atoms with Gasteiger partial charge < -0.3 is 0 Å². The zero-order chi connectivity index (χ0) is 21.5. The SMILES string of the molecule is Cc1ccc(S(=O)(=O)N2CCN([C@H]3CC(=O)N(c4ccc(F)cc4)C3=O)CC2)cc1. The number of sulfonamides is 1. The first kappa shape index (κ1) is 20.6. The molecule has 0 unspecified atom stereocenters. The molecule has 2 aliphatic heterocycles. The highest BCUT2D eigenvalue weighted by Gasteiger charge is 2.44. The van der Waals surface area contributed by atoms with E-state index in [0.29, 0.717) is 18.8 Å².